The van der Waals surface area contributed by atoms with Crippen molar-refractivity contribution in [2.45, 2.75) is 97.0 Å². The zero-order valence-corrected chi connectivity index (χ0v) is 27.5. The molecule has 3 aromatic carbocycles. The van der Waals surface area contributed by atoms with Crippen molar-refractivity contribution in [2.24, 2.45) is 5.92 Å². The van der Waals surface area contributed by atoms with Crippen LogP contribution in [0.4, 0.5) is 4.79 Å². The van der Waals surface area contributed by atoms with E-state index in [1.54, 1.807) is 0 Å². The third kappa shape index (κ3) is 11.1. The molecule has 0 fully saturated rings. The maximum atomic E-state index is 12.8. The van der Waals surface area contributed by atoms with E-state index < -0.39 is 13.9 Å². The molecule has 5 heteroatoms. The lowest BCUT2D eigenvalue weighted by molar-refractivity contribution is 0.0512. The summed E-state index contributed by atoms with van der Waals surface area (Å²) >= 11 is 0. The Hall–Kier alpha value is -2.89. The SMILES string of the molecule is CC(C)(C)OC(=O)N[C@@H](C=CC(CCc1ccccc1)CO[Si](C)(C)C(C)(C)C)CCc1ccc2ccccc2c1. The molecule has 41 heavy (non-hydrogen) atoms. The second-order valence-electron chi connectivity index (χ2n) is 13.7. The van der Waals surface area contributed by atoms with Crippen LogP contribution in [-0.4, -0.2) is 32.7 Å². The molecular weight excluding hydrogens is 522 g/mol. The Morgan fingerprint density at radius 1 is 0.805 bits per heavy atom. The van der Waals surface area contributed by atoms with E-state index in [1.165, 1.54) is 21.9 Å². The quantitative estimate of drug-likeness (QED) is 0.173. The third-order valence-electron chi connectivity index (χ3n) is 7.99. The molecule has 0 saturated carbocycles. The van der Waals surface area contributed by atoms with Crippen LogP contribution in [0.1, 0.15) is 65.5 Å². The van der Waals surface area contributed by atoms with E-state index in [9.17, 15) is 4.79 Å². The summed E-state index contributed by atoms with van der Waals surface area (Å²) in [5.41, 5.74) is 2.04. The molecule has 0 aromatic heterocycles. The fourth-order valence-electron chi connectivity index (χ4n) is 4.45. The normalized spacial score (nSPS) is 14.2. The van der Waals surface area contributed by atoms with E-state index in [2.05, 4.69) is 124 Å². The number of nitrogens with one attached hydrogen (secondary N) is 1. The maximum Gasteiger partial charge on any atom is 0.408 e. The van der Waals surface area contributed by atoms with Gasteiger partial charge < -0.3 is 14.5 Å². The first kappa shape index (κ1) is 32.6. The number of hydrogen-bond acceptors (Lipinski definition) is 3. The lowest BCUT2D eigenvalue weighted by atomic mass is 9.97. The number of amides is 1. The van der Waals surface area contributed by atoms with Crippen molar-refractivity contribution < 1.29 is 14.0 Å². The van der Waals surface area contributed by atoms with Crippen molar-refractivity contribution in [3.05, 3.63) is 96.1 Å². The van der Waals surface area contributed by atoms with Gasteiger partial charge in [-0.2, -0.15) is 0 Å². The lowest BCUT2D eigenvalue weighted by Gasteiger charge is -2.37. The summed E-state index contributed by atoms with van der Waals surface area (Å²) in [7, 11) is -1.89. The van der Waals surface area contributed by atoms with Gasteiger partial charge in [-0.05, 0) is 92.4 Å². The van der Waals surface area contributed by atoms with Crippen molar-refractivity contribution in [2.75, 3.05) is 6.61 Å². The van der Waals surface area contributed by atoms with Gasteiger partial charge in [0.25, 0.3) is 0 Å². The van der Waals surface area contributed by atoms with Crippen LogP contribution in [0.25, 0.3) is 10.8 Å². The van der Waals surface area contributed by atoms with Gasteiger partial charge in [-0.25, -0.2) is 4.79 Å². The second-order valence-corrected chi connectivity index (χ2v) is 18.5. The van der Waals surface area contributed by atoms with E-state index in [0.29, 0.717) is 6.61 Å². The summed E-state index contributed by atoms with van der Waals surface area (Å²) in [6.45, 7) is 17.8. The van der Waals surface area contributed by atoms with Gasteiger partial charge in [-0.3, -0.25) is 0 Å². The Labute approximate surface area is 249 Å². The number of alkyl carbamates (subject to hydrolysis) is 1. The van der Waals surface area contributed by atoms with Gasteiger partial charge >= 0.3 is 6.09 Å². The Bertz CT molecular complexity index is 1270. The molecule has 0 aliphatic rings. The van der Waals surface area contributed by atoms with Gasteiger partial charge in [0.1, 0.15) is 5.60 Å². The second kappa shape index (κ2) is 14.3. The molecule has 0 bridgehead atoms. The summed E-state index contributed by atoms with van der Waals surface area (Å²) in [6.07, 6.45) is 7.64. The Morgan fingerprint density at radius 3 is 2.10 bits per heavy atom. The van der Waals surface area contributed by atoms with E-state index in [4.69, 9.17) is 9.16 Å². The average Bonchev–Trinajstić information content (AvgIpc) is 2.89. The van der Waals surface area contributed by atoms with Crippen molar-refractivity contribution >= 4 is 25.2 Å². The highest BCUT2D eigenvalue weighted by molar-refractivity contribution is 6.74. The van der Waals surface area contributed by atoms with E-state index in [0.717, 1.165) is 25.7 Å². The number of aryl methyl sites for hydroxylation is 2. The zero-order valence-electron chi connectivity index (χ0n) is 26.5. The first-order chi connectivity index (χ1) is 19.2. The highest BCUT2D eigenvalue weighted by Gasteiger charge is 2.37. The molecule has 0 aliphatic carbocycles. The van der Waals surface area contributed by atoms with Gasteiger partial charge in [0.2, 0.25) is 0 Å². The molecular formula is C36H51NO3Si. The first-order valence-electron chi connectivity index (χ1n) is 15.1. The number of hydrogen-bond donors (Lipinski definition) is 1. The lowest BCUT2D eigenvalue weighted by Crippen LogP contribution is -2.42. The van der Waals surface area contributed by atoms with Crippen LogP contribution < -0.4 is 5.32 Å². The molecule has 0 aliphatic heterocycles. The molecule has 1 unspecified atom stereocenters. The third-order valence-corrected chi connectivity index (χ3v) is 12.5. The number of ether oxygens (including phenoxy) is 1. The smallest absolute Gasteiger partial charge is 0.408 e. The largest absolute Gasteiger partial charge is 0.444 e. The number of fused-ring (bicyclic) bond motifs is 1. The molecule has 2 atom stereocenters. The summed E-state index contributed by atoms with van der Waals surface area (Å²) in [5.74, 6) is 0.243. The van der Waals surface area contributed by atoms with Gasteiger partial charge in [0.05, 0.1) is 6.04 Å². The standard InChI is InChI=1S/C36H51NO3Si/c1-35(2,3)40-34(38)37-33(24-21-29-20-23-31-16-12-13-17-32(31)26-29)25-22-30(19-18-28-14-10-9-11-15-28)27-39-41(7,8)36(4,5)6/h9-17,20,22-23,25-26,30,33H,18-19,21,24,27H2,1-8H3,(H,37,38)/t30?,33-/m1/s1. The van der Waals surface area contributed by atoms with Gasteiger partial charge in [-0.1, -0.05) is 106 Å². The minimum Gasteiger partial charge on any atom is -0.444 e. The molecule has 0 saturated heterocycles. The summed E-state index contributed by atoms with van der Waals surface area (Å²) in [5, 5.41) is 5.76. The van der Waals surface area contributed by atoms with Crippen LogP contribution in [0.2, 0.25) is 18.1 Å². The van der Waals surface area contributed by atoms with Crippen LogP contribution >= 0.6 is 0 Å². The minimum absolute atomic E-state index is 0.150. The van der Waals surface area contributed by atoms with E-state index in [1.807, 2.05) is 20.8 Å². The molecule has 0 radical (unpaired) electrons. The van der Waals surface area contributed by atoms with Crippen molar-refractivity contribution in [3.8, 4) is 0 Å². The predicted octanol–water partition coefficient (Wildman–Crippen LogP) is 9.49. The highest BCUT2D eigenvalue weighted by Crippen LogP contribution is 2.37. The molecule has 0 heterocycles. The summed E-state index contributed by atoms with van der Waals surface area (Å²) in [6, 6.07) is 25.5. The van der Waals surface area contributed by atoms with Crippen LogP contribution in [0.15, 0.2) is 84.9 Å². The van der Waals surface area contributed by atoms with Gasteiger partial charge in [0, 0.05) is 6.61 Å². The fourth-order valence-corrected chi connectivity index (χ4v) is 5.51. The molecule has 4 nitrogen and oxygen atoms in total. The van der Waals surface area contributed by atoms with Gasteiger partial charge in [-0.15, -0.1) is 0 Å². The number of rotatable bonds is 12. The van der Waals surface area contributed by atoms with Crippen molar-refractivity contribution in [3.63, 3.8) is 0 Å². The molecule has 1 N–H and O–H groups in total. The Kier molecular flexibility index (Phi) is 11.4. The van der Waals surface area contributed by atoms with Crippen LogP contribution in [0.3, 0.4) is 0 Å². The monoisotopic (exact) mass is 573 g/mol. The maximum absolute atomic E-state index is 12.8. The number of carbonyl (C=O) groups excluding carboxylic acids is 1. The fraction of sp³-hybridized carbons (Fsp3) is 0.472. The average molecular weight is 574 g/mol. The van der Waals surface area contributed by atoms with Crippen molar-refractivity contribution in [1.82, 2.24) is 5.32 Å². The van der Waals surface area contributed by atoms with E-state index >= 15 is 0 Å². The van der Waals surface area contributed by atoms with Crippen LogP contribution in [0, 0.1) is 5.92 Å². The topological polar surface area (TPSA) is 47.6 Å². The Balaban J connectivity index is 1.77. The molecule has 1 amide bonds. The van der Waals surface area contributed by atoms with E-state index in [-0.39, 0.29) is 23.1 Å². The highest BCUT2D eigenvalue weighted by atomic mass is 28.4. The summed E-state index contributed by atoms with van der Waals surface area (Å²) < 4.78 is 12.3. The predicted molar refractivity (Wildman–Crippen MR) is 176 cm³/mol. The minimum atomic E-state index is -1.89. The zero-order chi connectivity index (χ0) is 30.1. The molecule has 222 valence electrons. The first-order valence-corrected chi connectivity index (χ1v) is 18.0. The number of carbonyl (C=O) groups is 1. The molecule has 3 rings (SSSR count). The van der Waals surface area contributed by atoms with Crippen molar-refractivity contribution in [1.29, 1.82) is 0 Å². The summed E-state index contributed by atoms with van der Waals surface area (Å²) in [4.78, 5) is 12.8. The van der Waals surface area contributed by atoms with Crippen LogP contribution in [0.5, 0.6) is 0 Å². The Morgan fingerprint density at radius 2 is 1.44 bits per heavy atom. The molecule has 0 spiro atoms. The number of benzene rings is 3. The molecule has 3 aromatic rings. The van der Waals surface area contributed by atoms with Gasteiger partial charge in [0.15, 0.2) is 8.32 Å². The van der Waals surface area contributed by atoms with Crippen LogP contribution in [-0.2, 0) is 22.0 Å².